The number of carbonyl (C=O) groups is 2. The van der Waals surface area contributed by atoms with Gasteiger partial charge in [-0.05, 0) is 87.3 Å². The van der Waals surface area contributed by atoms with E-state index in [1.807, 2.05) is 6.92 Å². The third kappa shape index (κ3) is 3.74. The van der Waals surface area contributed by atoms with Gasteiger partial charge >= 0.3 is 5.97 Å². The highest BCUT2D eigenvalue weighted by molar-refractivity contribution is 5.84. The molecule has 1 N–H and O–H groups in total. The van der Waals surface area contributed by atoms with Crippen molar-refractivity contribution in [1.82, 2.24) is 5.32 Å². The van der Waals surface area contributed by atoms with Crippen LogP contribution in [0.25, 0.3) is 0 Å². The van der Waals surface area contributed by atoms with Crippen LogP contribution in [0, 0.1) is 35.4 Å². The van der Waals surface area contributed by atoms with Crippen LogP contribution in [0.5, 0.6) is 0 Å². The highest BCUT2D eigenvalue weighted by atomic mass is 19.1. The Morgan fingerprint density at radius 3 is 2.11 bits per heavy atom. The fourth-order valence-corrected chi connectivity index (χ4v) is 5.78. The van der Waals surface area contributed by atoms with Crippen molar-refractivity contribution in [3.63, 3.8) is 0 Å². The Morgan fingerprint density at radius 1 is 1.00 bits per heavy atom. The average Bonchev–Trinajstić information content (AvgIpc) is 2.61. The zero-order chi connectivity index (χ0) is 19.1. The number of hydrogen-bond donors (Lipinski definition) is 1. The molecule has 4 fully saturated rings. The Bertz CT molecular complexity index is 689. The van der Waals surface area contributed by atoms with E-state index in [4.69, 9.17) is 4.74 Å². The van der Waals surface area contributed by atoms with E-state index >= 15 is 0 Å². The summed E-state index contributed by atoms with van der Waals surface area (Å²) in [6.45, 7) is 3.46. The van der Waals surface area contributed by atoms with E-state index in [0.29, 0.717) is 11.8 Å². The Hall–Kier alpha value is -1.91. The summed E-state index contributed by atoms with van der Waals surface area (Å²) in [6, 6.07) is 5.75. The molecule has 4 saturated carbocycles. The van der Waals surface area contributed by atoms with Crippen LogP contribution in [0.3, 0.4) is 0 Å². The zero-order valence-electron chi connectivity index (χ0n) is 16.0. The first-order chi connectivity index (χ1) is 12.9. The van der Waals surface area contributed by atoms with E-state index in [1.165, 1.54) is 18.6 Å². The summed E-state index contributed by atoms with van der Waals surface area (Å²) in [5.41, 5.74) is 0.810. The molecule has 4 bridgehead atoms. The van der Waals surface area contributed by atoms with Gasteiger partial charge in [0, 0.05) is 0 Å². The largest absolute Gasteiger partial charge is 0.452 e. The predicted octanol–water partition coefficient (Wildman–Crippen LogP) is 4.01. The van der Waals surface area contributed by atoms with Gasteiger partial charge in [0.2, 0.25) is 0 Å². The molecule has 0 aliphatic heterocycles. The van der Waals surface area contributed by atoms with Crippen LogP contribution in [0.2, 0.25) is 0 Å². The molecule has 4 aliphatic carbocycles. The maximum Gasteiger partial charge on any atom is 0.310 e. The maximum atomic E-state index is 13.0. The van der Waals surface area contributed by atoms with Gasteiger partial charge < -0.3 is 10.1 Å². The van der Waals surface area contributed by atoms with Gasteiger partial charge in [-0.15, -0.1) is 0 Å². The maximum absolute atomic E-state index is 13.0. The summed E-state index contributed by atoms with van der Waals surface area (Å²) in [7, 11) is 0. The van der Waals surface area contributed by atoms with Crippen molar-refractivity contribution in [2.75, 3.05) is 0 Å². The highest BCUT2D eigenvalue weighted by Gasteiger charge is 2.51. The lowest BCUT2D eigenvalue weighted by Crippen LogP contribution is -2.49. The van der Waals surface area contributed by atoms with E-state index in [2.05, 4.69) is 5.32 Å². The molecule has 0 saturated heterocycles. The number of ether oxygens (including phenoxy) is 1. The molecule has 0 radical (unpaired) electrons. The molecule has 4 aliphatic rings. The van der Waals surface area contributed by atoms with Crippen molar-refractivity contribution in [2.24, 2.45) is 29.6 Å². The molecule has 5 heteroatoms. The standard InChI is InChI=1S/C22H28FNO3/c1-12(16-3-5-19(23)6-4-16)24-21(25)13(2)27-22(26)20-17-8-14-7-15(10-17)11-18(20)9-14/h3-6,12-15,17-18,20H,7-11H2,1-2H3,(H,24,25). The number of amides is 1. The van der Waals surface area contributed by atoms with Crippen LogP contribution in [-0.4, -0.2) is 18.0 Å². The van der Waals surface area contributed by atoms with Gasteiger partial charge in [-0.3, -0.25) is 9.59 Å². The van der Waals surface area contributed by atoms with Crippen LogP contribution in [0.1, 0.15) is 57.6 Å². The minimum absolute atomic E-state index is 0.0254. The first-order valence-corrected chi connectivity index (χ1v) is 10.2. The topological polar surface area (TPSA) is 55.4 Å². The van der Waals surface area contributed by atoms with Crippen molar-refractivity contribution in [2.45, 2.75) is 58.1 Å². The molecular formula is C22H28FNO3. The smallest absolute Gasteiger partial charge is 0.310 e. The second-order valence-corrected chi connectivity index (χ2v) is 8.82. The van der Waals surface area contributed by atoms with E-state index in [9.17, 15) is 14.0 Å². The molecule has 0 heterocycles. The van der Waals surface area contributed by atoms with Gasteiger partial charge in [-0.2, -0.15) is 0 Å². The zero-order valence-corrected chi connectivity index (χ0v) is 16.0. The quantitative estimate of drug-likeness (QED) is 0.794. The Kier molecular flexibility index (Phi) is 4.95. The first kappa shape index (κ1) is 18.5. The lowest BCUT2D eigenvalue weighted by atomic mass is 9.52. The third-order valence-corrected chi connectivity index (χ3v) is 6.89. The van der Waals surface area contributed by atoms with Gasteiger partial charge in [0.1, 0.15) is 5.82 Å². The summed E-state index contributed by atoms with van der Waals surface area (Å²) < 4.78 is 18.6. The van der Waals surface area contributed by atoms with Crippen LogP contribution in [-0.2, 0) is 14.3 Å². The fourth-order valence-electron chi connectivity index (χ4n) is 5.78. The number of halogens is 1. The molecule has 1 aromatic rings. The number of nitrogens with one attached hydrogen (secondary N) is 1. The molecular weight excluding hydrogens is 345 g/mol. The lowest BCUT2D eigenvalue weighted by Gasteiger charge is -2.53. The Morgan fingerprint density at radius 2 is 1.56 bits per heavy atom. The van der Waals surface area contributed by atoms with Crippen LogP contribution in [0.4, 0.5) is 4.39 Å². The van der Waals surface area contributed by atoms with Crippen molar-refractivity contribution < 1.29 is 18.7 Å². The lowest BCUT2D eigenvalue weighted by molar-refractivity contribution is -0.170. The van der Waals surface area contributed by atoms with E-state index in [1.54, 1.807) is 19.1 Å². The van der Waals surface area contributed by atoms with Crippen LogP contribution >= 0.6 is 0 Å². The molecule has 146 valence electrons. The third-order valence-electron chi connectivity index (χ3n) is 6.89. The normalized spacial score (nSPS) is 33.4. The first-order valence-electron chi connectivity index (χ1n) is 10.2. The molecule has 2 atom stereocenters. The number of benzene rings is 1. The van der Waals surface area contributed by atoms with E-state index < -0.39 is 6.10 Å². The molecule has 1 amide bonds. The van der Waals surface area contributed by atoms with Crippen molar-refractivity contribution in [3.8, 4) is 0 Å². The molecule has 0 spiro atoms. The summed E-state index contributed by atoms with van der Waals surface area (Å²) >= 11 is 0. The summed E-state index contributed by atoms with van der Waals surface area (Å²) in [5.74, 6) is 1.65. The van der Waals surface area contributed by atoms with Gasteiger partial charge in [-0.25, -0.2) is 4.39 Å². The van der Waals surface area contributed by atoms with Gasteiger partial charge in [-0.1, -0.05) is 12.1 Å². The van der Waals surface area contributed by atoms with E-state index in [-0.39, 0.29) is 29.7 Å². The van der Waals surface area contributed by atoms with Crippen molar-refractivity contribution >= 4 is 11.9 Å². The second-order valence-electron chi connectivity index (χ2n) is 8.82. The molecule has 2 unspecified atom stereocenters. The second kappa shape index (κ2) is 7.25. The fraction of sp³-hybridized carbons (Fsp3) is 0.636. The summed E-state index contributed by atoms with van der Waals surface area (Å²) in [5, 5.41) is 2.85. The SMILES string of the molecule is CC(OC(=O)C1C2CC3CC(C2)CC1C3)C(=O)NC(C)c1ccc(F)cc1. The van der Waals surface area contributed by atoms with Gasteiger partial charge in [0.25, 0.3) is 5.91 Å². The van der Waals surface area contributed by atoms with Crippen LogP contribution < -0.4 is 5.32 Å². The molecule has 4 nitrogen and oxygen atoms in total. The summed E-state index contributed by atoms with van der Waals surface area (Å²) in [4.78, 5) is 25.3. The minimum Gasteiger partial charge on any atom is -0.452 e. The number of hydrogen-bond acceptors (Lipinski definition) is 3. The number of carbonyl (C=O) groups excluding carboxylic acids is 2. The van der Waals surface area contributed by atoms with E-state index in [0.717, 1.165) is 43.1 Å². The monoisotopic (exact) mass is 373 g/mol. The predicted molar refractivity (Wildman–Crippen MR) is 99.0 cm³/mol. The molecule has 0 aromatic heterocycles. The Labute approximate surface area is 159 Å². The Balaban J connectivity index is 1.33. The van der Waals surface area contributed by atoms with Gasteiger partial charge in [0.05, 0.1) is 12.0 Å². The van der Waals surface area contributed by atoms with Crippen LogP contribution in [0.15, 0.2) is 24.3 Å². The molecule has 27 heavy (non-hydrogen) atoms. The van der Waals surface area contributed by atoms with Crippen molar-refractivity contribution in [1.29, 1.82) is 0 Å². The summed E-state index contributed by atoms with van der Waals surface area (Å²) in [6.07, 6.45) is 5.11. The van der Waals surface area contributed by atoms with Gasteiger partial charge in [0.15, 0.2) is 6.10 Å². The average molecular weight is 373 g/mol. The number of rotatable bonds is 5. The minimum atomic E-state index is -0.822. The number of esters is 1. The molecule has 5 rings (SSSR count). The van der Waals surface area contributed by atoms with Crippen molar-refractivity contribution in [3.05, 3.63) is 35.6 Å². The molecule has 1 aromatic carbocycles. The highest BCUT2D eigenvalue weighted by Crippen LogP contribution is 2.56.